The Bertz CT molecular complexity index is 1520. The monoisotopic (exact) mass is 685 g/mol. The molecule has 0 aromatic heterocycles. The van der Waals surface area contributed by atoms with Gasteiger partial charge in [0.15, 0.2) is 5.78 Å². The predicted molar refractivity (Wildman–Crippen MR) is 177 cm³/mol. The smallest absolute Gasteiger partial charge is 0.411 e. The number of hydrogen-bond acceptors (Lipinski definition) is 9. The second kappa shape index (κ2) is 15.2. The molecule has 1 aromatic rings. The zero-order chi connectivity index (χ0) is 34.5. The highest BCUT2D eigenvalue weighted by Crippen LogP contribution is 2.57. The van der Waals surface area contributed by atoms with E-state index in [-0.39, 0.29) is 38.8 Å². The van der Waals surface area contributed by atoms with E-state index >= 15 is 0 Å². The minimum absolute atomic E-state index is 0.000194. The van der Waals surface area contributed by atoms with Crippen LogP contribution >= 0.6 is 0 Å². The first-order valence-electron chi connectivity index (χ1n) is 17.2. The molecule has 0 radical (unpaired) electrons. The third kappa shape index (κ3) is 8.64. The number of esters is 1. The average molecular weight is 686 g/mol. The summed E-state index contributed by atoms with van der Waals surface area (Å²) >= 11 is 0. The van der Waals surface area contributed by atoms with Crippen LogP contribution in [0.3, 0.4) is 0 Å². The van der Waals surface area contributed by atoms with Crippen LogP contribution in [0.4, 0.5) is 10.5 Å². The molecule has 2 N–H and O–H groups in total. The zero-order valence-electron chi connectivity index (χ0n) is 27.6. The SMILES string of the molecule is C=C[C@@H]1C[C@]1(CC(=O)[C@@H]1C[C@@H]2CN1C(=O)[C@H](CCCC)CC(=O)OCCCCCc1cccc(c1)NC(=O)O2)C(=O)NS(=O)(=O)C1CC1. The Kier molecular flexibility index (Phi) is 11.3. The topological polar surface area (TPSA) is 165 Å². The van der Waals surface area contributed by atoms with Gasteiger partial charge < -0.3 is 14.4 Å². The summed E-state index contributed by atoms with van der Waals surface area (Å²) in [4.78, 5) is 68.9. The van der Waals surface area contributed by atoms with Gasteiger partial charge in [-0.25, -0.2) is 13.2 Å². The van der Waals surface area contributed by atoms with Gasteiger partial charge in [0, 0.05) is 24.4 Å². The van der Waals surface area contributed by atoms with Crippen LogP contribution in [0.15, 0.2) is 36.9 Å². The van der Waals surface area contributed by atoms with Gasteiger partial charge in [-0.05, 0) is 75.0 Å². The molecule has 0 unspecified atom stereocenters. The van der Waals surface area contributed by atoms with Gasteiger partial charge in [0.2, 0.25) is 21.8 Å². The van der Waals surface area contributed by atoms with E-state index in [9.17, 15) is 32.4 Å². The number of carbonyl (C=O) groups excluding carboxylic acids is 5. The van der Waals surface area contributed by atoms with Crippen LogP contribution in [-0.4, -0.2) is 73.5 Å². The van der Waals surface area contributed by atoms with Crippen molar-refractivity contribution in [1.82, 2.24) is 9.62 Å². The van der Waals surface area contributed by atoms with E-state index in [1.807, 2.05) is 25.1 Å². The number of ketones is 1. The number of sulfonamides is 1. The summed E-state index contributed by atoms with van der Waals surface area (Å²) in [5.41, 5.74) is 0.291. The minimum Gasteiger partial charge on any atom is -0.466 e. The van der Waals surface area contributed by atoms with Crippen LogP contribution < -0.4 is 10.0 Å². The Morgan fingerprint density at radius 1 is 1.17 bits per heavy atom. The molecule has 2 heterocycles. The molecule has 5 atom stereocenters. The van der Waals surface area contributed by atoms with E-state index in [0.717, 1.165) is 31.2 Å². The Hall–Kier alpha value is -3.74. The number of anilines is 1. The van der Waals surface area contributed by atoms with Crippen LogP contribution in [0, 0.1) is 17.3 Å². The summed E-state index contributed by atoms with van der Waals surface area (Å²) in [5.74, 6) is -3.23. The molecule has 0 spiro atoms. The highest BCUT2D eigenvalue weighted by atomic mass is 32.2. The number of Topliss-reactive ketones (excluding diaryl/α,β-unsaturated/α-hetero) is 1. The average Bonchev–Trinajstić information content (AvgIpc) is 3.97. The third-order valence-electron chi connectivity index (χ3n) is 9.96. The fraction of sp³-hybridized carbons (Fsp3) is 0.629. The van der Waals surface area contributed by atoms with E-state index in [1.165, 1.54) is 4.90 Å². The van der Waals surface area contributed by atoms with Crippen LogP contribution in [0.25, 0.3) is 0 Å². The number of cyclic esters (lactones) is 1. The van der Waals surface area contributed by atoms with Crippen molar-refractivity contribution in [3.05, 3.63) is 42.5 Å². The highest BCUT2D eigenvalue weighted by Gasteiger charge is 2.61. The molecule has 262 valence electrons. The van der Waals surface area contributed by atoms with Gasteiger partial charge in [-0.3, -0.25) is 29.2 Å². The lowest BCUT2D eigenvalue weighted by Gasteiger charge is -2.28. The van der Waals surface area contributed by atoms with Crippen molar-refractivity contribution in [2.45, 2.75) is 108 Å². The number of benzene rings is 1. The molecule has 4 aliphatic rings. The second-order valence-corrected chi connectivity index (χ2v) is 15.7. The van der Waals surface area contributed by atoms with E-state index in [0.29, 0.717) is 37.8 Å². The molecule has 13 heteroatoms. The van der Waals surface area contributed by atoms with Crippen molar-refractivity contribution in [3.8, 4) is 0 Å². The standard InChI is InChI=1S/C35H47N3O9S/c1-3-5-12-24-18-31(40)46-16-8-6-7-10-23-11-9-13-26(17-23)36-34(43)47-27-19-29(38(22-27)32(24)41)30(39)21-35(20-25(35)4-2)33(42)37-48(44,45)28-14-15-28/h4,9,11,13,17,24-25,27-29H,2-3,5-8,10,12,14-16,18-22H2,1H3,(H,36,43)(H,37,42)/t24-,25-,27-,29+,35-/m1/s1. The van der Waals surface area contributed by atoms with Gasteiger partial charge in [0.05, 0.1) is 36.3 Å². The summed E-state index contributed by atoms with van der Waals surface area (Å²) in [6.45, 7) is 5.93. The maximum Gasteiger partial charge on any atom is 0.411 e. The van der Waals surface area contributed by atoms with Gasteiger partial charge in [0.25, 0.3) is 0 Å². The van der Waals surface area contributed by atoms with Gasteiger partial charge in [-0.15, -0.1) is 6.58 Å². The van der Waals surface area contributed by atoms with Crippen molar-refractivity contribution < 1.29 is 41.9 Å². The number of aryl methyl sites for hydroxylation is 1. The summed E-state index contributed by atoms with van der Waals surface area (Å²) in [7, 11) is -3.85. The van der Waals surface area contributed by atoms with Gasteiger partial charge in [-0.1, -0.05) is 38.0 Å². The fourth-order valence-electron chi connectivity index (χ4n) is 6.90. The number of amides is 3. The molecular formula is C35H47N3O9S. The van der Waals surface area contributed by atoms with Gasteiger partial charge in [0.1, 0.15) is 6.10 Å². The Morgan fingerprint density at radius 2 is 1.96 bits per heavy atom. The third-order valence-corrected chi connectivity index (χ3v) is 11.8. The summed E-state index contributed by atoms with van der Waals surface area (Å²) in [5, 5.41) is 2.14. The normalized spacial score (nSPS) is 28.5. The van der Waals surface area contributed by atoms with E-state index in [1.54, 1.807) is 12.1 Å². The first-order chi connectivity index (χ1) is 23.0. The number of rotatable bonds is 10. The Morgan fingerprint density at radius 3 is 2.67 bits per heavy atom. The number of fused-ring (bicyclic) bond motifs is 4. The maximum absolute atomic E-state index is 14.1. The fourth-order valence-corrected chi connectivity index (χ4v) is 8.28. The van der Waals surface area contributed by atoms with Crippen LogP contribution in [0.1, 0.15) is 89.5 Å². The molecule has 12 nitrogen and oxygen atoms in total. The van der Waals surface area contributed by atoms with Crippen LogP contribution in [0.2, 0.25) is 0 Å². The van der Waals surface area contributed by atoms with Crippen molar-refractivity contribution in [2.75, 3.05) is 18.5 Å². The molecule has 5 rings (SSSR count). The number of nitrogens with zero attached hydrogens (tertiary/aromatic N) is 1. The number of carbonyl (C=O) groups is 5. The number of unbranched alkanes of at least 4 members (excludes halogenated alkanes) is 1. The van der Waals surface area contributed by atoms with Crippen molar-refractivity contribution in [1.29, 1.82) is 0 Å². The lowest BCUT2D eigenvalue weighted by atomic mass is 9.90. The Labute approximate surface area is 282 Å². The van der Waals surface area contributed by atoms with Crippen LogP contribution in [0.5, 0.6) is 0 Å². The van der Waals surface area contributed by atoms with Crippen molar-refractivity contribution in [2.24, 2.45) is 17.3 Å². The second-order valence-electron chi connectivity index (χ2n) is 13.7. The lowest BCUT2D eigenvalue weighted by molar-refractivity contribution is -0.150. The largest absolute Gasteiger partial charge is 0.466 e. The zero-order valence-corrected chi connectivity index (χ0v) is 28.4. The maximum atomic E-state index is 14.1. The first kappa shape index (κ1) is 35.6. The number of allylic oxidation sites excluding steroid dienone is 1. The highest BCUT2D eigenvalue weighted by molar-refractivity contribution is 7.90. The van der Waals surface area contributed by atoms with Crippen molar-refractivity contribution in [3.63, 3.8) is 0 Å². The van der Waals surface area contributed by atoms with Crippen LogP contribution in [-0.2, 0) is 45.1 Å². The Balaban J connectivity index is 1.38. The number of hydrogen-bond donors (Lipinski definition) is 2. The van der Waals surface area contributed by atoms with E-state index < -0.39 is 74.3 Å². The van der Waals surface area contributed by atoms with Gasteiger partial charge >= 0.3 is 12.1 Å². The molecule has 2 saturated carbocycles. The molecule has 1 aromatic carbocycles. The molecule has 1 saturated heterocycles. The number of nitrogens with one attached hydrogen (secondary N) is 2. The summed E-state index contributed by atoms with van der Waals surface area (Å²) in [6, 6.07) is 6.38. The predicted octanol–water partition coefficient (Wildman–Crippen LogP) is 4.43. The molecule has 48 heavy (non-hydrogen) atoms. The van der Waals surface area contributed by atoms with E-state index in [2.05, 4.69) is 16.6 Å². The lowest BCUT2D eigenvalue weighted by Crippen LogP contribution is -2.46. The molecule has 3 amide bonds. The molecule has 2 aliphatic heterocycles. The molecule has 3 fully saturated rings. The minimum atomic E-state index is -3.85. The molecule has 4 bridgehead atoms. The molecule has 2 aliphatic carbocycles. The summed E-state index contributed by atoms with van der Waals surface area (Å²) in [6.07, 6.45) is 5.80. The van der Waals surface area contributed by atoms with Crippen molar-refractivity contribution >= 4 is 45.4 Å². The van der Waals surface area contributed by atoms with E-state index in [4.69, 9.17) is 9.47 Å². The summed E-state index contributed by atoms with van der Waals surface area (Å²) < 4.78 is 38.6. The molecular weight excluding hydrogens is 638 g/mol. The number of ether oxygens (including phenoxy) is 2. The first-order valence-corrected chi connectivity index (χ1v) is 18.7. The van der Waals surface area contributed by atoms with Gasteiger partial charge in [-0.2, -0.15) is 0 Å². The quantitative estimate of drug-likeness (QED) is 0.268.